The highest BCUT2D eigenvalue weighted by Crippen LogP contribution is 2.23. The number of nitrogens with zero attached hydrogens (tertiary/aromatic N) is 4. The third-order valence-corrected chi connectivity index (χ3v) is 3.72. The molecule has 4 rings (SSSR count). The molecule has 2 aromatic heterocycles. The van der Waals surface area contributed by atoms with Gasteiger partial charge < -0.3 is 10.1 Å². The highest BCUT2D eigenvalue weighted by molar-refractivity contribution is 5.34. The van der Waals surface area contributed by atoms with Crippen molar-refractivity contribution in [2.45, 2.75) is 25.3 Å². The van der Waals surface area contributed by atoms with E-state index < -0.39 is 0 Å². The van der Waals surface area contributed by atoms with Crippen LogP contribution < -0.4 is 5.32 Å². The Balaban J connectivity index is 1.84. The lowest BCUT2D eigenvalue weighted by Crippen LogP contribution is -2.26. The Morgan fingerprint density at radius 3 is 3.33 bits per heavy atom. The minimum absolute atomic E-state index is 0.337. The van der Waals surface area contributed by atoms with E-state index in [1.54, 1.807) is 0 Å². The summed E-state index contributed by atoms with van der Waals surface area (Å²) in [7, 11) is 0. The second-order valence-electron chi connectivity index (χ2n) is 4.90. The first-order valence-electron chi connectivity index (χ1n) is 6.44. The first-order chi connectivity index (χ1) is 8.92. The zero-order valence-corrected chi connectivity index (χ0v) is 10.1. The molecule has 0 aliphatic carbocycles. The van der Waals surface area contributed by atoms with Crippen LogP contribution in [0, 0.1) is 0 Å². The largest absolute Gasteiger partial charge is 0.381 e. The van der Waals surface area contributed by atoms with Crippen molar-refractivity contribution in [2.75, 3.05) is 19.8 Å². The van der Waals surface area contributed by atoms with E-state index in [1.807, 2.05) is 10.7 Å². The second kappa shape index (κ2) is 4.00. The molecule has 94 valence electrons. The van der Waals surface area contributed by atoms with Crippen molar-refractivity contribution in [1.29, 1.82) is 0 Å². The Bertz CT molecular complexity index is 587. The van der Waals surface area contributed by atoms with Crippen molar-refractivity contribution < 1.29 is 4.74 Å². The zero-order valence-electron chi connectivity index (χ0n) is 10.1. The number of hydrogen-bond acceptors (Lipinski definition) is 5. The maximum Gasteiger partial charge on any atom is 0.252 e. The standard InChI is InChI=1S/C12H15N5O/c1-3-13-5-9-6-14-12-15-11(8-2-4-18-7-8)16-17(12)10(1)9/h6,8,13H,1-5,7H2. The average molecular weight is 245 g/mol. The maximum atomic E-state index is 5.40. The van der Waals surface area contributed by atoms with Gasteiger partial charge in [0.1, 0.15) is 0 Å². The van der Waals surface area contributed by atoms with Crippen molar-refractivity contribution in [1.82, 2.24) is 24.9 Å². The van der Waals surface area contributed by atoms with Gasteiger partial charge in [-0.1, -0.05) is 0 Å². The molecule has 0 radical (unpaired) electrons. The summed E-state index contributed by atoms with van der Waals surface area (Å²) in [6, 6.07) is 0. The van der Waals surface area contributed by atoms with E-state index in [0.717, 1.165) is 50.7 Å². The van der Waals surface area contributed by atoms with Crippen LogP contribution in [0.2, 0.25) is 0 Å². The number of fused-ring (bicyclic) bond motifs is 3. The van der Waals surface area contributed by atoms with Crippen LogP contribution in [0.15, 0.2) is 6.20 Å². The third-order valence-electron chi connectivity index (χ3n) is 3.72. The van der Waals surface area contributed by atoms with Crippen molar-refractivity contribution in [3.05, 3.63) is 23.3 Å². The summed E-state index contributed by atoms with van der Waals surface area (Å²) in [5.41, 5.74) is 2.48. The molecule has 6 nitrogen and oxygen atoms in total. The summed E-state index contributed by atoms with van der Waals surface area (Å²) in [5, 5.41) is 7.99. The first-order valence-corrected chi connectivity index (χ1v) is 6.44. The zero-order chi connectivity index (χ0) is 11.9. The fourth-order valence-corrected chi connectivity index (χ4v) is 2.69. The van der Waals surface area contributed by atoms with Crippen molar-refractivity contribution in [3.63, 3.8) is 0 Å². The average Bonchev–Trinajstić information content (AvgIpc) is 3.07. The van der Waals surface area contributed by atoms with Crippen LogP contribution in [0.3, 0.4) is 0 Å². The molecule has 2 aliphatic heterocycles. The minimum Gasteiger partial charge on any atom is -0.381 e. The Morgan fingerprint density at radius 2 is 2.44 bits per heavy atom. The normalized spacial score (nSPS) is 23.4. The van der Waals surface area contributed by atoms with Crippen molar-refractivity contribution in [3.8, 4) is 0 Å². The molecule has 1 fully saturated rings. The summed E-state index contributed by atoms with van der Waals surface area (Å²) in [5.74, 6) is 1.94. The molecule has 6 heteroatoms. The van der Waals surface area contributed by atoms with E-state index in [1.165, 1.54) is 11.3 Å². The first kappa shape index (κ1) is 10.4. The van der Waals surface area contributed by atoms with E-state index in [2.05, 4.69) is 20.4 Å². The van der Waals surface area contributed by atoms with Gasteiger partial charge in [-0.15, -0.1) is 5.10 Å². The molecule has 2 aliphatic rings. The minimum atomic E-state index is 0.337. The van der Waals surface area contributed by atoms with Crippen LogP contribution in [0.4, 0.5) is 0 Å². The Labute approximate surface area is 104 Å². The summed E-state index contributed by atoms with van der Waals surface area (Å²) in [4.78, 5) is 8.94. The molecule has 0 saturated carbocycles. The smallest absolute Gasteiger partial charge is 0.252 e. The maximum absolute atomic E-state index is 5.40. The van der Waals surface area contributed by atoms with Gasteiger partial charge >= 0.3 is 0 Å². The number of nitrogens with one attached hydrogen (secondary N) is 1. The van der Waals surface area contributed by atoms with Gasteiger partial charge in [0.05, 0.1) is 12.3 Å². The van der Waals surface area contributed by atoms with Crippen molar-refractivity contribution >= 4 is 5.78 Å². The Morgan fingerprint density at radius 1 is 1.44 bits per heavy atom. The highest BCUT2D eigenvalue weighted by Gasteiger charge is 2.24. The second-order valence-corrected chi connectivity index (χ2v) is 4.90. The van der Waals surface area contributed by atoms with E-state index in [9.17, 15) is 0 Å². The lowest BCUT2D eigenvalue weighted by Gasteiger charge is -2.16. The van der Waals surface area contributed by atoms with Gasteiger partial charge in [0.2, 0.25) is 0 Å². The van der Waals surface area contributed by atoms with Gasteiger partial charge in [0, 0.05) is 43.8 Å². The molecule has 0 aromatic carbocycles. The van der Waals surface area contributed by atoms with Crippen LogP contribution >= 0.6 is 0 Å². The quantitative estimate of drug-likeness (QED) is 0.781. The molecular weight excluding hydrogens is 230 g/mol. The van der Waals surface area contributed by atoms with Gasteiger partial charge in [-0.25, -0.2) is 9.50 Å². The summed E-state index contributed by atoms with van der Waals surface area (Å²) in [6.45, 7) is 3.42. The van der Waals surface area contributed by atoms with Gasteiger partial charge in [-0.3, -0.25) is 0 Å². The molecular formula is C12H15N5O. The topological polar surface area (TPSA) is 64.3 Å². The SMILES string of the molecule is c1nc2nc(C3CCOC3)nn2c2c1CNCC2. The summed E-state index contributed by atoms with van der Waals surface area (Å²) >= 11 is 0. The molecule has 4 heterocycles. The van der Waals surface area contributed by atoms with Gasteiger partial charge in [0.15, 0.2) is 5.82 Å². The fraction of sp³-hybridized carbons (Fsp3) is 0.583. The van der Waals surface area contributed by atoms with E-state index >= 15 is 0 Å². The molecule has 2 aromatic rings. The fourth-order valence-electron chi connectivity index (χ4n) is 2.69. The molecule has 1 saturated heterocycles. The molecule has 18 heavy (non-hydrogen) atoms. The molecule has 1 N–H and O–H groups in total. The summed E-state index contributed by atoms with van der Waals surface area (Å²) < 4.78 is 7.32. The predicted octanol–water partition coefficient (Wildman–Crippen LogP) is 0.274. The van der Waals surface area contributed by atoms with Crippen molar-refractivity contribution in [2.24, 2.45) is 0 Å². The van der Waals surface area contributed by atoms with Crippen LogP contribution in [0.25, 0.3) is 5.78 Å². The number of aromatic nitrogens is 4. The Kier molecular flexibility index (Phi) is 2.31. The van der Waals surface area contributed by atoms with Gasteiger partial charge in [-0.2, -0.15) is 4.98 Å². The van der Waals surface area contributed by atoms with Crippen LogP contribution in [-0.4, -0.2) is 39.3 Å². The Hall–Kier alpha value is -1.53. The molecule has 0 amide bonds. The number of hydrogen-bond donors (Lipinski definition) is 1. The van der Waals surface area contributed by atoms with Crippen LogP contribution in [-0.2, 0) is 17.7 Å². The third kappa shape index (κ3) is 1.53. The van der Waals surface area contributed by atoms with Gasteiger partial charge in [-0.05, 0) is 6.42 Å². The number of ether oxygens (including phenoxy) is 1. The predicted molar refractivity (Wildman–Crippen MR) is 64.4 cm³/mol. The molecule has 1 atom stereocenters. The lowest BCUT2D eigenvalue weighted by atomic mass is 10.1. The van der Waals surface area contributed by atoms with E-state index in [4.69, 9.17) is 4.74 Å². The van der Waals surface area contributed by atoms with Crippen LogP contribution in [0.1, 0.15) is 29.4 Å². The monoisotopic (exact) mass is 245 g/mol. The van der Waals surface area contributed by atoms with Gasteiger partial charge in [0.25, 0.3) is 5.78 Å². The molecule has 1 unspecified atom stereocenters. The highest BCUT2D eigenvalue weighted by atomic mass is 16.5. The van der Waals surface area contributed by atoms with E-state index in [-0.39, 0.29) is 0 Å². The number of rotatable bonds is 1. The molecule has 0 bridgehead atoms. The summed E-state index contributed by atoms with van der Waals surface area (Å²) in [6.07, 6.45) is 3.92. The van der Waals surface area contributed by atoms with E-state index in [0.29, 0.717) is 5.92 Å². The lowest BCUT2D eigenvalue weighted by molar-refractivity contribution is 0.193. The molecule has 0 spiro atoms. The van der Waals surface area contributed by atoms with Crippen LogP contribution in [0.5, 0.6) is 0 Å².